The van der Waals surface area contributed by atoms with Crippen molar-refractivity contribution < 1.29 is 4.79 Å². The summed E-state index contributed by atoms with van der Waals surface area (Å²) in [5, 5.41) is 0.382. The summed E-state index contributed by atoms with van der Waals surface area (Å²) < 4.78 is 0. The smallest absolute Gasteiger partial charge is 0.307 e. The highest BCUT2D eigenvalue weighted by Gasteiger charge is 2.00. The van der Waals surface area contributed by atoms with E-state index < -0.39 is 11.2 Å². The van der Waals surface area contributed by atoms with Crippen LogP contribution in [0.25, 0.3) is 17.0 Å². The lowest BCUT2D eigenvalue weighted by Gasteiger charge is -1.97. The molecule has 1 aromatic heterocycles. The molecule has 0 aliphatic rings. The second-order valence-electron chi connectivity index (χ2n) is 3.21. The van der Waals surface area contributed by atoms with E-state index in [-0.39, 0.29) is 0 Å². The van der Waals surface area contributed by atoms with E-state index in [9.17, 15) is 14.4 Å². The Morgan fingerprint density at radius 1 is 1.12 bits per heavy atom. The van der Waals surface area contributed by atoms with Crippen LogP contribution in [0.2, 0.25) is 0 Å². The van der Waals surface area contributed by atoms with Crippen molar-refractivity contribution in [2.45, 2.75) is 0 Å². The summed E-state index contributed by atoms with van der Waals surface area (Å²) in [7, 11) is 0. The number of hydrogen-bond donors (Lipinski definition) is 2. The normalized spacial score (nSPS) is 11.0. The lowest BCUT2D eigenvalue weighted by Crippen LogP contribution is -2.21. The maximum absolute atomic E-state index is 11.5. The van der Waals surface area contributed by atoms with E-state index in [1.165, 1.54) is 6.08 Å². The molecule has 5 heteroatoms. The Bertz CT molecular complexity index is 679. The highest BCUT2D eigenvalue weighted by molar-refractivity contribution is 5.82. The molecule has 0 aliphatic heterocycles. The average Bonchev–Trinajstić information content (AvgIpc) is 2.26. The molecule has 0 unspecified atom stereocenters. The minimum absolute atomic E-state index is 0.382. The standard InChI is InChI=1S/C11H8N2O3/c14-5-1-2-7-3-4-9-8(6-7)10(15)13-11(16)12-9/h1-6H,(H2,12,13,15,16). The number of benzene rings is 1. The number of aromatic amines is 2. The van der Waals surface area contributed by atoms with Crippen LogP contribution in [0.1, 0.15) is 5.56 Å². The summed E-state index contributed by atoms with van der Waals surface area (Å²) in [6.07, 6.45) is 3.57. The van der Waals surface area contributed by atoms with Crippen molar-refractivity contribution in [1.82, 2.24) is 9.97 Å². The summed E-state index contributed by atoms with van der Waals surface area (Å²) in [5.41, 5.74) is 0.211. The van der Waals surface area contributed by atoms with E-state index in [0.717, 1.165) is 5.56 Å². The zero-order chi connectivity index (χ0) is 11.5. The van der Waals surface area contributed by atoms with Gasteiger partial charge in [0.05, 0.1) is 10.9 Å². The Morgan fingerprint density at radius 2 is 1.94 bits per heavy atom. The second-order valence-corrected chi connectivity index (χ2v) is 3.21. The first-order chi connectivity index (χ1) is 7.70. The van der Waals surface area contributed by atoms with Crippen molar-refractivity contribution >= 4 is 23.3 Å². The molecule has 0 fully saturated rings. The van der Waals surface area contributed by atoms with Gasteiger partial charge in [0.1, 0.15) is 6.29 Å². The van der Waals surface area contributed by atoms with Crippen LogP contribution in [0.3, 0.4) is 0 Å². The van der Waals surface area contributed by atoms with Crippen LogP contribution in [0, 0.1) is 0 Å². The fourth-order valence-electron chi connectivity index (χ4n) is 1.44. The Balaban J connectivity index is 2.71. The van der Waals surface area contributed by atoms with Crippen LogP contribution in [-0.4, -0.2) is 16.3 Å². The molecular weight excluding hydrogens is 208 g/mol. The Hall–Kier alpha value is -2.43. The van der Waals surface area contributed by atoms with Gasteiger partial charge in [0.2, 0.25) is 0 Å². The fraction of sp³-hybridized carbons (Fsp3) is 0. The number of allylic oxidation sites excluding steroid dienone is 1. The number of carbonyl (C=O) groups excluding carboxylic acids is 1. The number of aldehydes is 1. The SMILES string of the molecule is O=CC=Cc1ccc2[nH]c(=O)[nH]c(=O)c2c1. The minimum atomic E-state index is -0.534. The maximum Gasteiger partial charge on any atom is 0.326 e. The summed E-state index contributed by atoms with van der Waals surface area (Å²) in [6, 6.07) is 4.93. The molecule has 0 bridgehead atoms. The van der Waals surface area contributed by atoms with Gasteiger partial charge in [0.25, 0.3) is 5.56 Å². The molecule has 2 N–H and O–H groups in total. The first-order valence-corrected chi connectivity index (χ1v) is 4.59. The molecule has 1 heterocycles. The van der Waals surface area contributed by atoms with Crippen LogP contribution in [0.5, 0.6) is 0 Å². The van der Waals surface area contributed by atoms with E-state index in [0.29, 0.717) is 17.2 Å². The highest BCUT2D eigenvalue weighted by atomic mass is 16.2. The summed E-state index contributed by atoms with van der Waals surface area (Å²) >= 11 is 0. The molecule has 2 aromatic rings. The predicted octanol–water partition coefficient (Wildman–Crippen LogP) is 0.428. The first-order valence-electron chi connectivity index (χ1n) is 4.59. The second kappa shape index (κ2) is 3.98. The van der Waals surface area contributed by atoms with Gasteiger partial charge in [-0.05, 0) is 23.8 Å². The van der Waals surface area contributed by atoms with Gasteiger partial charge >= 0.3 is 5.69 Å². The Kier molecular flexibility index (Phi) is 2.51. The molecule has 0 spiro atoms. The van der Waals surface area contributed by atoms with Crippen molar-refractivity contribution in [2.24, 2.45) is 0 Å². The molecule has 5 nitrogen and oxygen atoms in total. The summed E-state index contributed by atoms with van der Waals surface area (Å²) in [5.74, 6) is 0. The van der Waals surface area contributed by atoms with E-state index >= 15 is 0 Å². The largest absolute Gasteiger partial charge is 0.326 e. The van der Waals surface area contributed by atoms with Crippen molar-refractivity contribution in [3.63, 3.8) is 0 Å². The van der Waals surface area contributed by atoms with Gasteiger partial charge in [0, 0.05) is 0 Å². The van der Waals surface area contributed by atoms with Crippen LogP contribution in [0.4, 0.5) is 0 Å². The quantitative estimate of drug-likeness (QED) is 0.564. The average molecular weight is 216 g/mol. The van der Waals surface area contributed by atoms with Gasteiger partial charge in [-0.25, -0.2) is 4.79 Å². The Labute approximate surface area is 89.4 Å². The van der Waals surface area contributed by atoms with Gasteiger partial charge < -0.3 is 4.98 Å². The predicted molar refractivity (Wildman–Crippen MR) is 60.3 cm³/mol. The molecule has 0 amide bonds. The highest BCUT2D eigenvalue weighted by Crippen LogP contribution is 2.09. The molecule has 2 rings (SSSR count). The first kappa shape index (κ1) is 10.1. The van der Waals surface area contributed by atoms with Gasteiger partial charge in [0.15, 0.2) is 0 Å². The van der Waals surface area contributed by atoms with Crippen molar-refractivity contribution in [2.75, 3.05) is 0 Å². The molecule has 0 aliphatic carbocycles. The van der Waals surface area contributed by atoms with E-state index in [1.807, 2.05) is 0 Å². The monoisotopic (exact) mass is 216 g/mol. The van der Waals surface area contributed by atoms with Crippen LogP contribution in [-0.2, 0) is 4.79 Å². The number of carbonyl (C=O) groups is 1. The third-order valence-corrected chi connectivity index (χ3v) is 2.13. The van der Waals surface area contributed by atoms with Crippen molar-refractivity contribution in [1.29, 1.82) is 0 Å². The lowest BCUT2D eigenvalue weighted by molar-refractivity contribution is -0.104. The third-order valence-electron chi connectivity index (χ3n) is 2.13. The Morgan fingerprint density at radius 3 is 2.69 bits per heavy atom. The number of aromatic nitrogens is 2. The molecule has 0 radical (unpaired) electrons. The molecule has 0 saturated heterocycles. The number of rotatable bonds is 2. The molecule has 1 aromatic carbocycles. The van der Waals surface area contributed by atoms with E-state index in [1.54, 1.807) is 24.3 Å². The fourth-order valence-corrected chi connectivity index (χ4v) is 1.44. The molecule has 80 valence electrons. The zero-order valence-electron chi connectivity index (χ0n) is 8.19. The van der Waals surface area contributed by atoms with Crippen LogP contribution in [0.15, 0.2) is 33.9 Å². The van der Waals surface area contributed by atoms with E-state index in [2.05, 4.69) is 9.97 Å². The zero-order valence-corrected chi connectivity index (χ0v) is 8.19. The molecule has 0 saturated carbocycles. The number of fused-ring (bicyclic) bond motifs is 1. The van der Waals surface area contributed by atoms with Gasteiger partial charge in [-0.15, -0.1) is 0 Å². The van der Waals surface area contributed by atoms with Crippen LogP contribution >= 0.6 is 0 Å². The molecular formula is C11H8N2O3. The summed E-state index contributed by atoms with van der Waals surface area (Å²) in [6.45, 7) is 0. The van der Waals surface area contributed by atoms with Gasteiger partial charge in [-0.2, -0.15) is 0 Å². The maximum atomic E-state index is 11.5. The minimum Gasteiger partial charge on any atom is -0.307 e. The van der Waals surface area contributed by atoms with Crippen LogP contribution < -0.4 is 11.2 Å². The van der Waals surface area contributed by atoms with Gasteiger partial charge in [-0.3, -0.25) is 14.6 Å². The topological polar surface area (TPSA) is 82.8 Å². The molecule has 0 atom stereocenters. The molecule has 16 heavy (non-hydrogen) atoms. The van der Waals surface area contributed by atoms with Crippen molar-refractivity contribution in [3.8, 4) is 0 Å². The number of nitrogens with one attached hydrogen (secondary N) is 2. The third kappa shape index (κ3) is 1.83. The van der Waals surface area contributed by atoms with Gasteiger partial charge in [-0.1, -0.05) is 12.1 Å². The van der Waals surface area contributed by atoms with E-state index in [4.69, 9.17) is 0 Å². The summed E-state index contributed by atoms with van der Waals surface area (Å²) in [4.78, 5) is 37.2. The number of hydrogen-bond acceptors (Lipinski definition) is 3. The van der Waals surface area contributed by atoms with Crippen molar-refractivity contribution in [3.05, 3.63) is 50.7 Å². The number of H-pyrrole nitrogens is 2. The lowest BCUT2D eigenvalue weighted by atomic mass is 10.1.